The van der Waals surface area contributed by atoms with E-state index in [-0.39, 0.29) is 12.5 Å². The highest BCUT2D eigenvalue weighted by Crippen LogP contribution is 2.21. The molecule has 184 valence electrons. The molecule has 0 fully saturated rings. The maximum absolute atomic E-state index is 12.6. The van der Waals surface area contributed by atoms with Crippen LogP contribution in [0.3, 0.4) is 0 Å². The Kier molecular flexibility index (Phi) is 7.28. The zero-order valence-electron chi connectivity index (χ0n) is 19.5. The van der Waals surface area contributed by atoms with E-state index in [0.29, 0.717) is 35.7 Å². The molecule has 2 heterocycles. The van der Waals surface area contributed by atoms with Gasteiger partial charge in [0, 0.05) is 54.6 Å². The van der Waals surface area contributed by atoms with Crippen molar-refractivity contribution in [3.8, 4) is 17.3 Å². The summed E-state index contributed by atoms with van der Waals surface area (Å²) in [6.45, 7) is 0.490. The van der Waals surface area contributed by atoms with Crippen molar-refractivity contribution in [3.63, 3.8) is 0 Å². The van der Waals surface area contributed by atoms with Gasteiger partial charge in [0.25, 0.3) is 16.0 Å². The van der Waals surface area contributed by atoms with Crippen LogP contribution in [0.1, 0.15) is 21.5 Å². The van der Waals surface area contributed by atoms with E-state index in [2.05, 4.69) is 26.3 Å². The SMILES string of the molecule is CN(CCS(=O)(=O)O)c1nccc(-c2ccc(C(=O)NCCc3ccc4[nH]cc(C#N)c4c3)cc2)n1. The number of aromatic amines is 1. The maximum Gasteiger partial charge on any atom is 0.266 e. The number of hydrogen-bond donors (Lipinski definition) is 3. The molecule has 4 aromatic rings. The van der Waals surface area contributed by atoms with Crippen molar-refractivity contribution >= 4 is 32.9 Å². The van der Waals surface area contributed by atoms with Gasteiger partial charge in [-0.2, -0.15) is 13.7 Å². The summed E-state index contributed by atoms with van der Waals surface area (Å²) < 4.78 is 30.9. The Hall–Kier alpha value is -4.27. The summed E-state index contributed by atoms with van der Waals surface area (Å²) in [6, 6.07) is 16.7. The summed E-state index contributed by atoms with van der Waals surface area (Å²) >= 11 is 0. The highest BCUT2D eigenvalue weighted by atomic mass is 32.2. The molecule has 4 rings (SSSR count). The number of aromatic nitrogens is 3. The fraction of sp³-hybridized carbons (Fsp3) is 0.200. The van der Waals surface area contributed by atoms with Crippen LogP contribution in [-0.4, -0.2) is 59.7 Å². The predicted octanol–water partition coefficient (Wildman–Crippen LogP) is 2.79. The number of fused-ring (bicyclic) bond motifs is 1. The predicted molar refractivity (Wildman–Crippen MR) is 136 cm³/mol. The van der Waals surface area contributed by atoms with Gasteiger partial charge in [-0.25, -0.2) is 9.97 Å². The minimum absolute atomic E-state index is 0.0416. The van der Waals surface area contributed by atoms with Crippen LogP contribution < -0.4 is 10.2 Å². The normalized spacial score (nSPS) is 11.2. The number of hydrogen-bond acceptors (Lipinski definition) is 7. The van der Waals surface area contributed by atoms with Gasteiger partial charge >= 0.3 is 0 Å². The second kappa shape index (κ2) is 10.6. The van der Waals surface area contributed by atoms with Crippen molar-refractivity contribution in [2.45, 2.75) is 6.42 Å². The van der Waals surface area contributed by atoms with Crippen LogP contribution in [0, 0.1) is 11.3 Å². The molecular formula is C25H24N6O4S. The lowest BCUT2D eigenvalue weighted by Gasteiger charge is -2.16. The molecule has 0 aliphatic carbocycles. The molecule has 2 aromatic heterocycles. The molecule has 0 atom stereocenters. The van der Waals surface area contributed by atoms with Gasteiger partial charge in [0.2, 0.25) is 5.95 Å². The second-order valence-electron chi connectivity index (χ2n) is 8.23. The molecule has 0 saturated carbocycles. The van der Waals surface area contributed by atoms with Crippen molar-refractivity contribution in [2.75, 3.05) is 30.8 Å². The summed E-state index contributed by atoms with van der Waals surface area (Å²) in [7, 11) is -2.45. The zero-order valence-corrected chi connectivity index (χ0v) is 20.3. The second-order valence-corrected chi connectivity index (χ2v) is 9.80. The number of anilines is 1. The Morgan fingerprint density at radius 3 is 2.69 bits per heavy atom. The highest BCUT2D eigenvalue weighted by molar-refractivity contribution is 7.85. The van der Waals surface area contributed by atoms with Crippen LogP contribution in [0.4, 0.5) is 5.95 Å². The molecule has 3 N–H and O–H groups in total. The van der Waals surface area contributed by atoms with Crippen molar-refractivity contribution < 1.29 is 17.8 Å². The first-order chi connectivity index (χ1) is 17.2. The smallest absolute Gasteiger partial charge is 0.266 e. The standard InChI is InChI=1S/C25H24N6O4S/c1-31(12-13-36(33,34)35)25-28-11-9-22(30-25)18-3-5-19(6-4-18)24(32)27-10-8-17-2-7-23-21(14-17)20(15-26)16-29-23/h2-7,9,11,14,16,29H,8,10,12-13H2,1H3,(H,27,32)(H,33,34,35). The van der Waals surface area contributed by atoms with Crippen molar-refractivity contribution in [1.82, 2.24) is 20.3 Å². The fourth-order valence-corrected chi connectivity index (χ4v) is 4.18. The van der Waals surface area contributed by atoms with E-state index in [0.717, 1.165) is 22.0 Å². The Bertz CT molecular complexity index is 1540. The molecule has 0 spiro atoms. The van der Waals surface area contributed by atoms with E-state index in [1.165, 1.54) is 4.90 Å². The number of carbonyl (C=O) groups is 1. The van der Waals surface area contributed by atoms with Crippen LogP contribution in [0.15, 0.2) is 60.9 Å². The minimum Gasteiger partial charge on any atom is -0.360 e. The van der Waals surface area contributed by atoms with Crippen LogP contribution in [0.5, 0.6) is 0 Å². The fourth-order valence-electron chi connectivity index (χ4n) is 3.68. The average molecular weight is 505 g/mol. The molecule has 0 radical (unpaired) electrons. The Balaban J connectivity index is 1.36. The van der Waals surface area contributed by atoms with Crippen molar-refractivity contribution in [1.29, 1.82) is 5.26 Å². The summed E-state index contributed by atoms with van der Waals surface area (Å²) in [5.41, 5.74) is 4.41. The Morgan fingerprint density at radius 1 is 1.19 bits per heavy atom. The third-order valence-electron chi connectivity index (χ3n) is 5.68. The number of carbonyl (C=O) groups excluding carboxylic acids is 1. The summed E-state index contributed by atoms with van der Waals surface area (Å²) in [4.78, 5) is 25.8. The first-order valence-corrected chi connectivity index (χ1v) is 12.7. The third-order valence-corrected chi connectivity index (χ3v) is 6.38. The number of H-pyrrole nitrogens is 1. The number of nitrogens with zero attached hydrogens (tertiary/aromatic N) is 4. The largest absolute Gasteiger partial charge is 0.360 e. The quantitative estimate of drug-likeness (QED) is 0.294. The van der Waals surface area contributed by atoms with Crippen LogP contribution in [-0.2, 0) is 16.5 Å². The van der Waals surface area contributed by atoms with Gasteiger partial charge < -0.3 is 15.2 Å². The number of benzene rings is 2. The molecular weight excluding hydrogens is 480 g/mol. The van der Waals surface area contributed by atoms with Gasteiger partial charge in [0.05, 0.1) is 17.0 Å². The molecule has 0 aliphatic rings. The maximum atomic E-state index is 12.6. The molecule has 0 bridgehead atoms. The van der Waals surface area contributed by atoms with E-state index in [1.807, 2.05) is 18.2 Å². The number of nitriles is 1. The summed E-state index contributed by atoms with van der Waals surface area (Å²) in [5.74, 6) is -0.310. The van der Waals surface area contributed by atoms with Gasteiger partial charge in [0.1, 0.15) is 6.07 Å². The van der Waals surface area contributed by atoms with Gasteiger partial charge in [-0.05, 0) is 42.3 Å². The molecule has 0 aliphatic heterocycles. The van der Waals surface area contributed by atoms with E-state index in [9.17, 15) is 18.5 Å². The lowest BCUT2D eigenvalue weighted by atomic mass is 10.1. The monoisotopic (exact) mass is 504 g/mol. The number of amides is 1. The van der Waals surface area contributed by atoms with E-state index < -0.39 is 15.9 Å². The topological polar surface area (TPSA) is 152 Å². The van der Waals surface area contributed by atoms with Crippen LogP contribution >= 0.6 is 0 Å². The van der Waals surface area contributed by atoms with Gasteiger partial charge in [-0.15, -0.1) is 0 Å². The summed E-state index contributed by atoms with van der Waals surface area (Å²) in [5, 5.41) is 13.0. The molecule has 0 unspecified atom stereocenters. The summed E-state index contributed by atoms with van der Waals surface area (Å²) in [6.07, 6.45) is 3.88. The number of rotatable bonds is 9. The highest BCUT2D eigenvalue weighted by Gasteiger charge is 2.12. The van der Waals surface area contributed by atoms with Crippen molar-refractivity contribution in [2.24, 2.45) is 0 Å². The van der Waals surface area contributed by atoms with Gasteiger partial charge in [-0.3, -0.25) is 9.35 Å². The first kappa shape index (κ1) is 24.8. The Morgan fingerprint density at radius 2 is 1.97 bits per heavy atom. The lowest BCUT2D eigenvalue weighted by molar-refractivity contribution is 0.0954. The van der Waals surface area contributed by atoms with Crippen molar-refractivity contribution in [3.05, 3.63) is 77.6 Å². The third kappa shape index (κ3) is 6.04. The average Bonchev–Trinajstić information content (AvgIpc) is 3.29. The molecule has 0 saturated heterocycles. The van der Waals surface area contributed by atoms with E-state index in [1.54, 1.807) is 49.8 Å². The van der Waals surface area contributed by atoms with Gasteiger partial charge in [-0.1, -0.05) is 18.2 Å². The zero-order chi connectivity index (χ0) is 25.7. The van der Waals surface area contributed by atoms with E-state index >= 15 is 0 Å². The minimum atomic E-state index is -4.08. The molecule has 2 aromatic carbocycles. The van der Waals surface area contributed by atoms with Crippen LogP contribution in [0.25, 0.3) is 22.2 Å². The Labute approximate surface area is 208 Å². The molecule has 1 amide bonds. The molecule has 11 heteroatoms. The van der Waals surface area contributed by atoms with Gasteiger partial charge in [0.15, 0.2) is 0 Å². The lowest BCUT2D eigenvalue weighted by Crippen LogP contribution is -2.26. The van der Waals surface area contributed by atoms with E-state index in [4.69, 9.17) is 4.55 Å². The van der Waals surface area contributed by atoms with Crippen LogP contribution in [0.2, 0.25) is 0 Å². The molecule has 10 nitrogen and oxygen atoms in total. The molecule has 36 heavy (non-hydrogen) atoms. The first-order valence-electron chi connectivity index (χ1n) is 11.1. The number of nitrogens with one attached hydrogen (secondary N) is 2.